The fourth-order valence-electron chi connectivity index (χ4n) is 3.81. The predicted molar refractivity (Wildman–Crippen MR) is 151 cm³/mol. The average Bonchev–Trinajstić information content (AvgIpc) is 2.83. The molecule has 37 heavy (non-hydrogen) atoms. The summed E-state index contributed by atoms with van der Waals surface area (Å²) in [5.41, 5.74) is 1.54. The van der Waals surface area contributed by atoms with Crippen LogP contribution in [0.15, 0.2) is 72.8 Å². The molecule has 0 saturated heterocycles. The maximum Gasteiger partial charge on any atom is 0.243 e. The Balaban J connectivity index is 1.90. The molecule has 0 aliphatic heterocycles. The summed E-state index contributed by atoms with van der Waals surface area (Å²) < 4.78 is 14.2. The Labute approximate surface area is 232 Å². The van der Waals surface area contributed by atoms with Gasteiger partial charge in [0, 0.05) is 39.9 Å². The summed E-state index contributed by atoms with van der Waals surface area (Å²) in [6.07, 6.45) is 0.336. The molecular formula is C29H31Cl2FN2O2S. The Morgan fingerprint density at radius 2 is 1.59 bits per heavy atom. The van der Waals surface area contributed by atoms with Crippen LogP contribution in [0.5, 0.6) is 0 Å². The highest BCUT2D eigenvalue weighted by atomic mass is 35.5. The largest absolute Gasteiger partial charge is 0.350 e. The standard InChI is InChI=1S/C29H31Cl2FN2O2S/c1-29(2,3)33-28(36)26(16-20-10-5-4-6-11-20)34(17-21-12-7-8-13-23(21)30)27(35)19-37-18-22-24(31)14-9-15-25(22)32/h4-15,26H,16-19H2,1-3H3,(H,33,36). The highest BCUT2D eigenvalue weighted by molar-refractivity contribution is 7.99. The van der Waals surface area contributed by atoms with E-state index in [0.29, 0.717) is 22.0 Å². The van der Waals surface area contributed by atoms with Gasteiger partial charge >= 0.3 is 0 Å². The molecule has 0 bridgehead atoms. The highest BCUT2D eigenvalue weighted by Gasteiger charge is 2.32. The average molecular weight is 562 g/mol. The molecule has 0 radical (unpaired) electrons. The molecule has 1 atom stereocenters. The molecular weight excluding hydrogens is 530 g/mol. The Morgan fingerprint density at radius 1 is 0.946 bits per heavy atom. The number of nitrogens with one attached hydrogen (secondary N) is 1. The topological polar surface area (TPSA) is 49.4 Å². The van der Waals surface area contributed by atoms with E-state index in [9.17, 15) is 14.0 Å². The number of halogens is 3. The van der Waals surface area contributed by atoms with Crippen molar-refractivity contribution in [1.29, 1.82) is 0 Å². The molecule has 0 heterocycles. The molecule has 0 spiro atoms. The maximum absolute atomic E-state index is 14.2. The molecule has 0 aliphatic rings. The lowest BCUT2D eigenvalue weighted by Gasteiger charge is -2.34. The van der Waals surface area contributed by atoms with Gasteiger partial charge in [-0.15, -0.1) is 11.8 Å². The van der Waals surface area contributed by atoms with E-state index in [1.807, 2.05) is 69.3 Å². The minimum absolute atomic E-state index is 0.0448. The van der Waals surface area contributed by atoms with Crippen molar-refractivity contribution < 1.29 is 14.0 Å². The van der Waals surface area contributed by atoms with Gasteiger partial charge in [0.1, 0.15) is 11.9 Å². The Hall–Kier alpha value is -2.54. The first-order chi connectivity index (χ1) is 17.5. The second-order valence-electron chi connectivity index (χ2n) is 9.75. The third-order valence-corrected chi connectivity index (χ3v) is 7.27. The van der Waals surface area contributed by atoms with Crippen LogP contribution < -0.4 is 5.32 Å². The lowest BCUT2D eigenvalue weighted by Crippen LogP contribution is -2.54. The fraction of sp³-hybridized carbons (Fsp3) is 0.310. The van der Waals surface area contributed by atoms with Crippen LogP contribution in [0, 0.1) is 5.82 Å². The molecule has 0 saturated carbocycles. The van der Waals surface area contributed by atoms with Crippen molar-refractivity contribution in [1.82, 2.24) is 10.2 Å². The molecule has 2 amide bonds. The van der Waals surface area contributed by atoms with E-state index in [2.05, 4.69) is 5.32 Å². The van der Waals surface area contributed by atoms with Crippen LogP contribution in [0.3, 0.4) is 0 Å². The van der Waals surface area contributed by atoms with E-state index in [1.54, 1.807) is 23.1 Å². The third kappa shape index (κ3) is 8.77. The molecule has 8 heteroatoms. The number of amides is 2. The van der Waals surface area contributed by atoms with E-state index in [0.717, 1.165) is 11.1 Å². The zero-order valence-corrected chi connectivity index (χ0v) is 23.5. The van der Waals surface area contributed by atoms with Crippen molar-refractivity contribution in [3.63, 3.8) is 0 Å². The number of nitrogens with zero attached hydrogens (tertiary/aromatic N) is 1. The summed E-state index contributed by atoms with van der Waals surface area (Å²) in [5.74, 6) is -0.633. The fourth-order valence-corrected chi connectivity index (χ4v) is 5.26. The van der Waals surface area contributed by atoms with Gasteiger partial charge in [0.25, 0.3) is 0 Å². The number of hydrogen-bond donors (Lipinski definition) is 1. The normalized spacial score (nSPS) is 12.2. The van der Waals surface area contributed by atoms with E-state index in [4.69, 9.17) is 23.2 Å². The molecule has 0 aromatic heterocycles. The summed E-state index contributed by atoms with van der Waals surface area (Å²) >= 11 is 13.9. The Kier molecular flexibility index (Phi) is 10.4. The summed E-state index contributed by atoms with van der Waals surface area (Å²) in [7, 11) is 0. The van der Waals surface area contributed by atoms with Crippen LogP contribution in [0.1, 0.15) is 37.5 Å². The van der Waals surface area contributed by atoms with Crippen molar-refractivity contribution in [3.05, 3.63) is 105 Å². The maximum atomic E-state index is 14.2. The van der Waals surface area contributed by atoms with Crippen LogP contribution in [-0.4, -0.2) is 34.0 Å². The summed E-state index contributed by atoms with van der Waals surface area (Å²) in [6, 6.07) is 20.6. The van der Waals surface area contributed by atoms with E-state index in [1.165, 1.54) is 17.8 Å². The molecule has 196 valence electrons. The number of carbonyl (C=O) groups is 2. The Bertz CT molecular complexity index is 1200. The van der Waals surface area contributed by atoms with Crippen LogP contribution in [-0.2, 0) is 28.3 Å². The van der Waals surface area contributed by atoms with E-state index < -0.39 is 17.4 Å². The van der Waals surface area contributed by atoms with Gasteiger partial charge in [-0.2, -0.15) is 0 Å². The SMILES string of the molecule is CC(C)(C)NC(=O)C(Cc1ccccc1)N(Cc1ccccc1Cl)C(=O)CSCc1c(F)cccc1Cl. The molecule has 1 N–H and O–H groups in total. The molecule has 0 aliphatic carbocycles. The van der Waals surface area contributed by atoms with Crippen LogP contribution in [0.2, 0.25) is 10.0 Å². The number of thioether (sulfide) groups is 1. The second-order valence-corrected chi connectivity index (χ2v) is 11.6. The minimum Gasteiger partial charge on any atom is -0.350 e. The number of benzene rings is 3. The lowest BCUT2D eigenvalue weighted by atomic mass is 10.0. The summed E-state index contributed by atoms with van der Waals surface area (Å²) in [5, 5.41) is 3.87. The lowest BCUT2D eigenvalue weighted by molar-refractivity contribution is -0.140. The number of carbonyl (C=O) groups excluding carboxylic acids is 2. The van der Waals surface area contributed by atoms with Crippen molar-refractivity contribution >= 4 is 46.8 Å². The first-order valence-corrected chi connectivity index (χ1v) is 13.9. The van der Waals surface area contributed by atoms with Gasteiger partial charge in [0.2, 0.25) is 11.8 Å². The quantitative estimate of drug-likeness (QED) is 0.292. The van der Waals surface area contributed by atoms with Crippen LogP contribution >= 0.6 is 35.0 Å². The molecule has 0 fully saturated rings. The first kappa shape index (κ1) is 29.0. The molecule has 3 aromatic carbocycles. The molecule has 4 nitrogen and oxygen atoms in total. The molecule has 3 rings (SSSR count). The zero-order valence-electron chi connectivity index (χ0n) is 21.1. The minimum atomic E-state index is -0.775. The van der Waals surface area contributed by atoms with E-state index >= 15 is 0 Å². The van der Waals surface area contributed by atoms with E-state index in [-0.39, 0.29) is 29.9 Å². The van der Waals surface area contributed by atoms with Gasteiger partial charge in [-0.25, -0.2) is 4.39 Å². The molecule has 3 aromatic rings. The monoisotopic (exact) mass is 560 g/mol. The van der Waals surface area contributed by atoms with Crippen molar-refractivity contribution in [2.45, 2.75) is 51.1 Å². The smallest absolute Gasteiger partial charge is 0.243 e. The summed E-state index contributed by atoms with van der Waals surface area (Å²) in [4.78, 5) is 28.8. The first-order valence-electron chi connectivity index (χ1n) is 11.9. The van der Waals surface area contributed by atoms with Crippen molar-refractivity contribution in [2.24, 2.45) is 0 Å². The summed E-state index contributed by atoms with van der Waals surface area (Å²) in [6.45, 7) is 5.87. The van der Waals surface area contributed by atoms with Crippen LogP contribution in [0.25, 0.3) is 0 Å². The van der Waals surface area contributed by atoms with Gasteiger partial charge in [0.05, 0.1) is 5.75 Å². The molecule has 1 unspecified atom stereocenters. The second kappa shape index (κ2) is 13.3. The van der Waals surface area contributed by atoms with Gasteiger partial charge < -0.3 is 10.2 Å². The van der Waals surface area contributed by atoms with Crippen LogP contribution in [0.4, 0.5) is 4.39 Å². The van der Waals surface area contributed by atoms with Gasteiger partial charge in [-0.1, -0.05) is 77.8 Å². The highest BCUT2D eigenvalue weighted by Crippen LogP contribution is 2.26. The predicted octanol–water partition coefficient (Wildman–Crippen LogP) is 6.92. The van der Waals surface area contributed by atoms with Gasteiger partial charge in [-0.05, 0) is 50.1 Å². The number of hydrogen-bond acceptors (Lipinski definition) is 3. The van der Waals surface area contributed by atoms with Gasteiger partial charge in [0.15, 0.2) is 0 Å². The Morgan fingerprint density at radius 3 is 2.24 bits per heavy atom. The van der Waals surface area contributed by atoms with Crippen molar-refractivity contribution in [3.8, 4) is 0 Å². The van der Waals surface area contributed by atoms with Gasteiger partial charge in [-0.3, -0.25) is 9.59 Å². The third-order valence-electron chi connectivity index (χ3n) is 5.60. The van der Waals surface area contributed by atoms with Crippen molar-refractivity contribution in [2.75, 3.05) is 5.75 Å². The zero-order chi connectivity index (χ0) is 27.0. The number of rotatable bonds is 10.